The lowest BCUT2D eigenvalue weighted by Crippen LogP contribution is -2.27. The van der Waals surface area contributed by atoms with Gasteiger partial charge in [0.15, 0.2) is 0 Å². The minimum Gasteiger partial charge on any atom is -0.508 e. The number of amides is 1. The van der Waals surface area contributed by atoms with E-state index in [1.807, 2.05) is 0 Å². The minimum absolute atomic E-state index is 0.0715. The van der Waals surface area contributed by atoms with Gasteiger partial charge in [-0.2, -0.15) is 0 Å². The van der Waals surface area contributed by atoms with Crippen molar-refractivity contribution in [2.75, 3.05) is 5.88 Å². The van der Waals surface area contributed by atoms with E-state index in [1.165, 1.54) is 0 Å². The average Bonchev–Trinajstić information content (AvgIpc) is 2.18. The zero-order valence-electron chi connectivity index (χ0n) is 7.83. The molecular formula is C10H12ClNO2. The largest absolute Gasteiger partial charge is 0.508 e. The molecule has 14 heavy (non-hydrogen) atoms. The van der Waals surface area contributed by atoms with Gasteiger partial charge < -0.3 is 10.4 Å². The highest BCUT2D eigenvalue weighted by atomic mass is 35.5. The van der Waals surface area contributed by atoms with Gasteiger partial charge in [-0.1, -0.05) is 18.2 Å². The van der Waals surface area contributed by atoms with Crippen molar-refractivity contribution >= 4 is 17.5 Å². The third-order valence-corrected chi connectivity index (χ3v) is 2.14. The highest BCUT2D eigenvalue weighted by Crippen LogP contribution is 2.22. The predicted octanol–water partition coefficient (Wildman–Crippen LogP) is 1.81. The molecule has 1 aromatic carbocycles. The van der Waals surface area contributed by atoms with E-state index in [-0.39, 0.29) is 23.6 Å². The molecule has 0 radical (unpaired) electrons. The van der Waals surface area contributed by atoms with Gasteiger partial charge in [0.25, 0.3) is 0 Å². The fourth-order valence-electron chi connectivity index (χ4n) is 1.21. The fourth-order valence-corrected chi connectivity index (χ4v) is 1.29. The number of alkyl halides is 1. The number of benzene rings is 1. The van der Waals surface area contributed by atoms with Crippen molar-refractivity contribution in [1.29, 1.82) is 0 Å². The third-order valence-electron chi connectivity index (χ3n) is 1.90. The molecule has 0 heterocycles. The molecular weight excluding hydrogens is 202 g/mol. The van der Waals surface area contributed by atoms with Crippen LogP contribution in [0.5, 0.6) is 5.75 Å². The molecule has 0 unspecified atom stereocenters. The minimum atomic E-state index is -0.248. The smallest absolute Gasteiger partial charge is 0.235 e. The van der Waals surface area contributed by atoms with E-state index >= 15 is 0 Å². The average molecular weight is 214 g/mol. The summed E-state index contributed by atoms with van der Waals surface area (Å²) in [6.45, 7) is 1.79. The number of hydrogen-bond donors (Lipinski definition) is 2. The first-order valence-corrected chi connectivity index (χ1v) is 4.82. The van der Waals surface area contributed by atoms with Crippen molar-refractivity contribution in [3.05, 3.63) is 29.8 Å². The molecule has 0 aromatic heterocycles. The van der Waals surface area contributed by atoms with E-state index in [4.69, 9.17) is 11.6 Å². The van der Waals surface area contributed by atoms with Gasteiger partial charge in [0, 0.05) is 5.56 Å². The van der Waals surface area contributed by atoms with E-state index in [0.717, 1.165) is 0 Å². The van der Waals surface area contributed by atoms with Crippen molar-refractivity contribution in [3.63, 3.8) is 0 Å². The molecule has 3 nitrogen and oxygen atoms in total. The molecule has 1 amide bonds. The van der Waals surface area contributed by atoms with Gasteiger partial charge in [-0.05, 0) is 13.0 Å². The number of nitrogens with one attached hydrogen (secondary N) is 1. The zero-order chi connectivity index (χ0) is 10.6. The van der Waals surface area contributed by atoms with Gasteiger partial charge in [-0.15, -0.1) is 11.6 Å². The van der Waals surface area contributed by atoms with E-state index in [9.17, 15) is 9.90 Å². The summed E-state index contributed by atoms with van der Waals surface area (Å²) in [5.74, 6) is -0.143. The second-order valence-electron chi connectivity index (χ2n) is 2.98. The Balaban J connectivity index is 2.74. The van der Waals surface area contributed by atoms with Gasteiger partial charge in [0.05, 0.1) is 6.04 Å². The summed E-state index contributed by atoms with van der Waals surface area (Å²) in [5.41, 5.74) is 0.686. The van der Waals surface area contributed by atoms with Crippen molar-refractivity contribution in [2.24, 2.45) is 0 Å². The van der Waals surface area contributed by atoms with Gasteiger partial charge >= 0.3 is 0 Å². The van der Waals surface area contributed by atoms with E-state index in [2.05, 4.69) is 5.32 Å². The lowest BCUT2D eigenvalue weighted by molar-refractivity contribution is -0.119. The second-order valence-corrected chi connectivity index (χ2v) is 3.25. The number of phenols is 1. The van der Waals surface area contributed by atoms with Crippen molar-refractivity contribution in [1.82, 2.24) is 5.32 Å². The Morgan fingerprint density at radius 1 is 1.57 bits per heavy atom. The Kier molecular flexibility index (Phi) is 3.77. The highest BCUT2D eigenvalue weighted by Gasteiger charge is 2.11. The standard InChI is InChI=1S/C10H12ClNO2/c1-7(12-10(14)6-11)8-4-2-3-5-9(8)13/h2-5,7,13H,6H2,1H3,(H,12,14)/t7-/m1/s1. The maximum atomic E-state index is 11.0. The molecule has 1 aromatic rings. The Morgan fingerprint density at radius 2 is 2.21 bits per heavy atom. The summed E-state index contributed by atoms with van der Waals surface area (Å²) >= 11 is 5.35. The maximum Gasteiger partial charge on any atom is 0.235 e. The highest BCUT2D eigenvalue weighted by molar-refractivity contribution is 6.27. The monoisotopic (exact) mass is 213 g/mol. The SMILES string of the molecule is C[C@@H](NC(=O)CCl)c1ccccc1O. The van der Waals surface area contributed by atoms with Crippen LogP contribution in [0.25, 0.3) is 0 Å². The molecule has 0 saturated heterocycles. The van der Waals surface area contributed by atoms with Crippen molar-refractivity contribution in [2.45, 2.75) is 13.0 Å². The van der Waals surface area contributed by atoms with E-state index in [1.54, 1.807) is 31.2 Å². The van der Waals surface area contributed by atoms with Gasteiger partial charge in [-0.25, -0.2) is 0 Å². The van der Waals surface area contributed by atoms with Gasteiger partial charge in [-0.3, -0.25) is 4.79 Å². The Bertz CT molecular complexity index is 328. The first-order valence-electron chi connectivity index (χ1n) is 4.28. The van der Waals surface area contributed by atoms with Crippen LogP contribution in [-0.2, 0) is 4.79 Å². The molecule has 1 atom stereocenters. The number of aromatic hydroxyl groups is 1. The predicted molar refractivity (Wildman–Crippen MR) is 55.4 cm³/mol. The number of carbonyl (C=O) groups excluding carboxylic acids is 1. The molecule has 76 valence electrons. The zero-order valence-corrected chi connectivity index (χ0v) is 8.58. The Labute approximate surface area is 87.7 Å². The first kappa shape index (κ1) is 10.9. The third kappa shape index (κ3) is 2.64. The molecule has 0 saturated carbocycles. The van der Waals surface area contributed by atoms with Crippen LogP contribution in [0, 0.1) is 0 Å². The quantitative estimate of drug-likeness (QED) is 0.753. The summed E-state index contributed by atoms with van der Waals surface area (Å²) in [4.78, 5) is 11.0. The van der Waals surface area contributed by atoms with Crippen LogP contribution < -0.4 is 5.32 Å². The van der Waals surface area contributed by atoms with E-state index < -0.39 is 0 Å². The molecule has 0 aliphatic rings. The summed E-state index contributed by atoms with van der Waals surface area (Å²) in [7, 11) is 0. The summed E-state index contributed by atoms with van der Waals surface area (Å²) in [5, 5.41) is 12.1. The second kappa shape index (κ2) is 4.86. The molecule has 0 bridgehead atoms. The normalized spacial score (nSPS) is 12.1. The number of carbonyl (C=O) groups is 1. The summed E-state index contributed by atoms with van der Waals surface area (Å²) in [6.07, 6.45) is 0. The van der Waals surface area contributed by atoms with Crippen molar-refractivity contribution < 1.29 is 9.90 Å². The summed E-state index contributed by atoms with van der Waals surface area (Å²) in [6, 6.07) is 6.64. The Morgan fingerprint density at radius 3 is 2.79 bits per heavy atom. The van der Waals surface area contributed by atoms with Crippen LogP contribution in [0.4, 0.5) is 0 Å². The fraction of sp³-hybridized carbons (Fsp3) is 0.300. The van der Waals surface area contributed by atoms with Gasteiger partial charge in [0.1, 0.15) is 11.6 Å². The lowest BCUT2D eigenvalue weighted by atomic mass is 10.1. The number of para-hydroxylation sites is 1. The lowest BCUT2D eigenvalue weighted by Gasteiger charge is -2.14. The molecule has 0 spiro atoms. The van der Waals surface area contributed by atoms with Crippen LogP contribution >= 0.6 is 11.6 Å². The van der Waals surface area contributed by atoms with Crippen molar-refractivity contribution in [3.8, 4) is 5.75 Å². The first-order chi connectivity index (χ1) is 6.65. The molecule has 0 aliphatic heterocycles. The molecule has 2 N–H and O–H groups in total. The number of hydrogen-bond acceptors (Lipinski definition) is 2. The molecule has 4 heteroatoms. The maximum absolute atomic E-state index is 11.0. The Hall–Kier alpha value is -1.22. The molecule has 0 fully saturated rings. The topological polar surface area (TPSA) is 49.3 Å². The van der Waals surface area contributed by atoms with Gasteiger partial charge in [0.2, 0.25) is 5.91 Å². The molecule has 0 aliphatic carbocycles. The number of halogens is 1. The van der Waals surface area contributed by atoms with E-state index in [0.29, 0.717) is 5.56 Å². The van der Waals surface area contributed by atoms with Crippen LogP contribution in [0.3, 0.4) is 0 Å². The summed E-state index contributed by atoms with van der Waals surface area (Å²) < 4.78 is 0. The van der Waals surface area contributed by atoms with Crippen LogP contribution in [0.2, 0.25) is 0 Å². The van der Waals surface area contributed by atoms with Crippen LogP contribution in [0.15, 0.2) is 24.3 Å². The number of rotatable bonds is 3. The van der Waals surface area contributed by atoms with Crippen LogP contribution in [-0.4, -0.2) is 16.9 Å². The number of phenolic OH excluding ortho intramolecular Hbond substituents is 1. The molecule has 1 rings (SSSR count). The van der Waals surface area contributed by atoms with Crippen LogP contribution in [0.1, 0.15) is 18.5 Å².